The first-order chi connectivity index (χ1) is 12.2. The Kier molecular flexibility index (Phi) is 5.87. The van der Waals surface area contributed by atoms with E-state index in [0.717, 1.165) is 23.8 Å². The summed E-state index contributed by atoms with van der Waals surface area (Å²) in [5, 5.41) is 8.84. The maximum atomic E-state index is 14.1. The maximum Gasteiger partial charge on any atom is 0.132 e. The summed E-state index contributed by atoms with van der Waals surface area (Å²) in [6.07, 6.45) is 9.27. The van der Waals surface area contributed by atoms with Gasteiger partial charge in [0.1, 0.15) is 5.82 Å². The van der Waals surface area contributed by atoms with Crippen LogP contribution in [-0.2, 0) is 6.42 Å². The van der Waals surface area contributed by atoms with E-state index in [9.17, 15) is 4.39 Å². The van der Waals surface area contributed by atoms with E-state index in [1.54, 1.807) is 12.1 Å². The number of rotatable bonds is 5. The van der Waals surface area contributed by atoms with Gasteiger partial charge in [-0.25, -0.2) is 4.39 Å². The van der Waals surface area contributed by atoms with Crippen LogP contribution >= 0.6 is 0 Å². The molecule has 0 N–H and O–H groups in total. The molecule has 130 valence electrons. The molecule has 0 aliphatic heterocycles. The molecule has 0 unspecified atom stereocenters. The summed E-state index contributed by atoms with van der Waals surface area (Å²) < 4.78 is 14.1. The van der Waals surface area contributed by atoms with Gasteiger partial charge in [-0.1, -0.05) is 69.4 Å². The van der Waals surface area contributed by atoms with E-state index in [1.807, 2.05) is 18.2 Å². The molecule has 1 saturated carbocycles. The van der Waals surface area contributed by atoms with Crippen molar-refractivity contribution < 1.29 is 4.39 Å². The molecule has 1 aliphatic rings. The van der Waals surface area contributed by atoms with Crippen LogP contribution in [0.2, 0.25) is 0 Å². The Balaban J connectivity index is 1.58. The summed E-state index contributed by atoms with van der Waals surface area (Å²) in [5.41, 5.74) is 3.11. The third-order valence-electron chi connectivity index (χ3n) is 5.75. The Labute approximate surface area is 150 Å². The van der Waals surface area contributed by atoms with Crippen molar-refractivity contribution in [1.82, 2.24) is 0 Å². The lowest BCUT2D eigenvalue weighted by Crippen LogP contribution is -2.14. The third kappa shape index (κ3) is 4.48. The highest BCUT2D eigenvalue weighted by molar-refractivity contribution is 5.65. The second-order valence-corrected chi connectivity index (χ2v) is 7.34. The normalized spacial score (nSPS) is 20.2. The number of aryl methyl sites for hydroxylation is 1. The predicted octanol–water partition coefficient (Wildman–Crippen LogP) is 6.51. The van der Waals surface area contributed by atoms with Crippen LogP contribution in [0, 0.1) is 29.0 Å². The minimum atomic E-state index is -0.334. The molecular formula is C23H26FN. The minimum Gasteiger partial charge on any atom is -0.206 e. The van der Waals surface area contributed by atoms with Crippen LogP contribution in [0.15, 0.2) is 42.5 Å². The molecule has 0 aromatic heterocycles. The first-order valence-corrected chi connectivity index (χ1v) is 9.48. The molecular weight excluding hydrogens is 309 g/mol. The van der Waals surface area contributed by atoms with E-state index < -0.39 is 0 Å². The van der Waals surface area contributed by atoms with Gasteiger partial charge in [-0.2, -0.15) is 5.26 Å². The third-order valence-corrected chi connectivity index (χ3v) is 5.75. The average Bonchev–Trinajstić information content (AvgIpc) is 2.67. The Morgan fingerprint density at radius 3 is 2.28 bits per heavy atom. The molecule has 0 spiro atoms. The Hall–Kier alpha value is -2.14. The predicted molar refractivity (Wildman–Crippen MR) is 101 cm³/mol. The highest BCUT2D eigenvalue weighted by Crippen LogP contribution is 2.33. The number of halogens is 1. The van der Waals surface area contributed by atoms with Crippen molar-refractivity contribution in [2.45, 2.75) is 51.9 Å². The summed E-state index contributed by atoms with van der Waals surface area (Å²) in [6, 6.07) is 14.8. The second kappa shape index (κ2) is 8.30. The van der Waals surface area contributed by atoms with Crippen molar-refractivity contribution in [1.29, 1.82) is 5.26 Å². The summed E-state index contributed by atoms with van der Waals surface area (Å²) in [6.45, 7) is 2.31. The number of nitriles is 1. The van der Waals surface area contributed by atoms with Gasteiger partial charge in [0.05, 0.1) is 11.6 Å². The van der Waals surface area contributed by atoms with Crippen molar-refractivity contribution in [3.05, 3.63) is 59.4 Å². The van der Waals surface area contributed by atoms with E-state index in [1.165, 1.54) is 50.2 Å². The molecule has 0 heterocycles. The molecule has 0 bridgehead atoms. The van der Waals surface area contributed by atoms with Crippen molar-refractivity contribution in [3.8, 4) is 17.2 Å². The van der Waals surface area contributed by atoms with Crippen LogP contribution in [-0.4, -0.2) is 0 Å². The van der Waals surface area contributed by atoms with Gasteiger partial charge >= 0.3 is 0 Å². The molecule has 0 amide bonds. The van der Waals surface area contributed by atoms with E-state index in [0.29, 0.717) is 11.1 Å². The van der Waals surface area contributed by atoms with Crippen LogP contribution < -0.4 is 0 Å². The first-order valence-electron chi connectivity index (χ1n) is 9.48. The van der Waals surface area contributed by atoms with Crippen molar-refractivity contribution in [2.24, 2.45) is 11.8 Å². The number of benzene rings is 2. The Morgan fingerprint density at radius 1 is 1.00 bits per heavy atom. The fraction of sp³-hybridized carbons (Fsp3) is 0.435. The molecule has 0 radical (unpaired) electrons. The van der Waals surface area contributed by atoms with Gasteiger partial charge in [-0.05, 0) is 47.9 Å². The van der Waals surface area contributed by atoms with Crippen molar-refractivity contribution in [3.63, 3.8) is 0 Å². The molecule has 2 aromatic carbocycles. The fourth-order valence-corrected chi connectivity index (χ4v) is 3.97. The summed E-state index contributed by atoms with van der Waals surface area (Å²) in [4.78, 5) is 0. The van der Waals surface area contributed by atoms with Crippen LogP contribution in [0.1, 0.15) is 56.6 Å². The average molecular weight is 335 g/mol. The molecule has 1 nitrogen and oxygen atoms in total. The van der Waals surface area contributed by atoms with Crippen LogP contribution in [0.3, 0.4) is 0 Å². The molecule has 2 heteroatoms. The van der Waals surface area contributed by atoms with Gasteiger partial charge in [0, 0.05) is 5.56 Å². The molecule has 25 heavy (non-hydrogen) atoms. The zero-order valence-electron chi connectivity index (χ0n) is 15.0. The smallest absolute Gasteiger partial charge is 0.132 e. The Bertz CT molecular complexity index is 734. The van der Waals surface area contributed by atoms with Gasteiger partial charge in [0.2, 0.25) is 0 Å². The zero-order valence-corrected chi connectivity index (χ0v) is 15.0. The number of hydrogen-bond donors (Lipinski definition) is 0. The zero-order chi connectivity index (χ0) is 17.6. The van der Waals surface area contributed by atoms with E-state index in [4.69, 9.17) is 5.26 Å². The Morgan fingerprint density at radius 2 is 1.68 bits per heavy atom. The number of nitrogens with zero attached hydrogens (tertiary/aromatic N) is 1. The second-order valence-electron chi connectivity index (χ2n) is 7.34. The quantitative estimate of drug-likeness (QED) is 0.610. The SMILES string of the molecule is CC[C@H]1CC[C@H](CCc2ccc(-c3ccc(C#N)cc3F)cc2)CC1. The van der Waals surface area contributed by atoms with Crippen LogP contribution in [0.25, 0.3) is 11.1 Å². The number of hydrogen-bond acceptors (Lipinski definition) is 1. The van der Waals surface area contributed by atoms with Gasteiger partial charge in [-0.3, -0.25) is 0 Å². The summed E-state index contributed by atoms with van der Waals surface area (Å²) in [5.74, 6) is 1.50. The highest BCUT2D eigenvalue weighted by Gasteiger charge is 2.19. The first kappa shape index (κ1) is 17.7. The minimum absolute atomic E-state index is 0.334. The monoisotopic (exact) mass is 335 g/mol. The largest absolute Gasteiger partial charge is 0.206 e. The molecule has 3 rings (SSSR count). The van der Waals surface area contributed by atoms with Crippen LogP contribution in [0.5, 0.6) is 0 Å². The maximum absolute atomic E-state index is 14.1. The molecule has 1 aliphatic carbocycles. The van der Waals surface area contributed by atoms with E-state index in [2.05, 4.69) is 19.1 Å². The summed E-state index contributed by atoms with van der Waals surface area (Å²) >= 11 is 0. The fourth-order valence-electron chi connectivity index (χ4n) is 3.97. The standard InChI is InChI=1S/C23H26FN/c1-2-17-3-5-18(6-4-17)7-8-19-9-12-21(13-10-19)22-14-11-20(16-25)15-23(22)24/h9-15,17-18H,2-8H2,1H3/t17-,18-. The summed E-state index contributed by atoms with van der Waals surface area (Å²) in [7, 11) is 0. The highest BCUT2D eigenvalue weighted by atomic mass is 19.1. The lowest BCUT2D eigenvalue weighted by Gasteiger charge is -2.27. The van der Waals surface area contributed by atoms with Crippen molar-refractivity contribution >= 4 is 0 Å². The van der Waals surface area contributed by atoms with Crippen molar-refractivity contribution in [2.75, 3.05) is 0 Å². The topological polar surface area (TPSA) is 23.8 Å². The molecule has 1 fully saturated rings. The van der Waals surface area contributed by atoms with Gasteiger partial charge in [0.15, 0.2) is 0 Å². The van der Waals surface area contributed by atoms with E-state index in [-0.39, 0.29) is 5.82 Å². The lowest BCUT2D eigenvalue weighted by molar-refractivity contribution is 0.259. The molecule has 2 aromatic rings. The molecule has 0 saturated heterocycles. The lowest BCUT2D eigenvalue weighted by atomic mass is 9.78. The van der Waals surface area contributed by atoms with Gasteiger partial charge < -0.3 is 0 Å². The molecule has 0 atom stereocenters. The van der Waals surface area contributed by atoms with Crippen LogP contribution in [0.4, 0.5) is 4.39 Å². The van der Waals surface area contributed by atoms with Gasteiger partial charge in [0.25, 0.3) is 0 Å². The van der Waals surface area contributed by atoms with E-state index >= 15 is 0 Å². The van der Waals surface area contributed by atoms with Gasteiger partial charge in [-0.15, -0.1) is 0 Å².